The first-order chi connectivity index (χ1) is 9.49. The minimum Gasteiger partial charge on any atom is -0.422 e. The van der Waals surface area contributed by atoms with Gasteiger partial charge in [0.1, 0.15) is 11.1 Å². The molecule has 0 radical (unpaired) electrons. The van der Waals surface area contributed by atoms with Gasteiger partial charge in [-0.2, -0.15) is 0 Å². The molecule has 1 aromatic heterocycles. The highest BCUT2D eigenvalue weighted by Gasteiger charge is 2.16. The summed E-state index contributed by atoms with van der Waals surface area (Å²) in [6.07, 6.45) is 0. The molecule has 0 saturated heterocycles. The summed E-state index contributed by atoms with van der Waals surface area (Å²) in [5, 5.41) is 2.84. The lowest BCUT2D eigenvalue weighted by molar-refractivity contribution is -0.119. The van der Waals surface area contributed by atoms with Crippen LogP contribution < -0.4 is 10.9 Å². The first kappa shape index (κ1) is 14.6. The number of carbonyl (C=O) groups excluding carboxylic acids is 2. The molecular formula is C13H9Cl2NO4. The van der Waals surface area contributed by atoms with Gasteiger partial charge in [0.2, 0.25) is 0 Å². The summed E-state index contributed by atoms with van der Waals surface area (Å²) in [6.45, 7) is -0.377. The van der Waals surface area contributed by atoms with Gasteiger partial charge in [-0.3, -0.25) is 9.59 Å². The number of nitrogens with one attached hydrogen (secondary N) is 1. The third-order valence-electron chi connectivity index (χ3n) is 2.56. The van der Waals surface area contributed by atoms with E-state index in [9.17, 15) is 14.4 Å². The van der Waals surface area contributed by atoms with Crippen LogP contribution in [-0.2, 0) is 4.79 Å². The van der Waals surface area contributed by atoms with Crippen molar-refractivity contribution in [2.24, 2.45) is 0 Å². The molecule has 1 N–H and O–H groups in total. The van der Waals surface area contributed by atoms with Gasteiger partial charge in [0.15, 0.2) is 10.6 Å². The lowest BCUT2D eigenvalue weighted by Gasteiger charge is -2.04. The lowest BCUT2D eigenvalue weighted by Crippen LogP contribution is -2.34. The van der Waals surface area contributed by atoms with Crippen molar-refractivity contribution in [2.75, 3.05) is 6.54 Å². The quantitative estimate of drug-likeness (QED) is 0.531. The monoisotopic (exact) mass is 313 g/mol. The maximum atomic E-state index is 11.9. The zero-order valence-corrected chi connectivity index (χ0v) is 11.6. The van der Waals surface area contributed by atoms with Crippen molar-refractivity contribution in [3.05, 3.63) is 46.3 Å². The van der Waals surface area contributed by atoms with Gasteiger partial charge in [-0.15, -0.1) is 0 Å². The molecule has 2 rings (SSSR count). The third-order valence-corrected chi connectivity index (χ3v) is 2.96. The van der Waals surface area contributed by atoms with Gasteiger partial charge in [0.25, 0.3) is 5.91 Å². The Bertz CT molecular complexity index is 724. The summed E-state index contributed by atoms with van der Waals surface area (Å²) in [4.78, 5) is 33.5. The second kappa shape index (κ2) is 6.07. The Balaban J connectivity index is 2.24. The fourth-order valence-electron chi connectivity index (χ4n) is 1.60. The molecule has 2 aromatic rings. The molecule has 0 unspecified atom stereocenters. The number of amides is 1. The smallest absolute Gasteiger partial charge is 0.347 e. The van der Waals surface area contributed by atoms with Gasteiger partial charge in [0, 0.05) is 5.39 Å². The number of Topliss-reactive ketones (excluding diaryl/α,β-unsaturated/α-hetero) is 1. The molecular weight excluding hydrogens is 305 g/mol. The molecule has 1 heterocycles. The molecule has 0 saturated carbocycles. The largest absolute Gasteiger partial charge is 0.422 e. The maximum absolute atomic E-state index is 11.9. The van der Waals surface area contributed by atoms with Gasteiger partial charge in [-0.25, -0.2) is 4.79 Å². The summed E-state index contributed by atoms with van der Waals surface area (Å²) in [6, 6.07) is 8.23. The number of carbonyl (C=O) groups is 2. The Morgan fingerprint density at radius 2 is 1.95 bits per heavy atom. The molecule has 0 aliphatic heterocycles. The van der Waals surface area contributed by atoms with Crippen LogP contribution in [0.1, 0.15) is 10.4 Å². The average molecular weight is 314 g/mol. The Hall–Kier alpha value is -1.85. The summed E-state index contributed by atoms with van der Waals surface area (Å²) in [7, 11) is 0. The van der Waals surface area contributed by atoms with E-state index in [1.807, 2.05) is 0 Å². The molecule has 0 atom stereocenters. The summed E-state index contributed by atoms with van der Waals surface area (Å²) >= 11 is 10.7. The number of rotatable bonds is 4. The Labute approximate surface area is 123 Å². The van der Waals surface area contributed by atoms with E-state index in [1.165, 1.54) is 6.07 Å². The van der Waals surface area contributed by atoms with Gasteiger partial charge in [-0.1, -0.05) is 41.4 Å². The Morgan fingerprint density at radius 1 is 1.25 bits per heavy atom. The number of ketones is 1. The standard InChI is InChI=1S/C13H9Cl2NO4/c14-11(15)12(18)16-6-9(17)8-5-7-3-1-2-4-10(7)20-13(8)19/h1-5,11H,6H2,(H,16,18). The minimum absolute atomic E-state index is 0.135. The van der Waals surface area contributed by atoms with Gasteiger partial charge in [0.05, 0.1) is 6.54 Å². The number of benzene rings is 1. The minimum atomic E-state index is -1.27. The van der Waals surface area contributed by atoms with Crippen molar-refractivity contribution in [3.63, 3.8) is 0 Å². The number of alkyl halides is 2. The molecule has 0 aliphatic rings. The van der Waals surface area contributed by atoms with E-state index >= 15 is 0 Å². The van der Waals surface area contributed by atoms with Gasteiger partial charge < -0.3 is 9.73 Å². The van der Waals surface area contributed by atoms with Crippen molar-refractivity contribution in [1.29, 1.82) is 0 Å². The fourth-order valence-corrected chi connectivity index (χ4v) is 1.75. The van der Waals surface area contributed by atoms with E-state index < -0.39 is 22.2 Å². The van der Waals surface area contributed by atoms with Crippen molar-refractivity contribution in [1.82, 2.24) is 5.32 Å². The molecule has 7 heteroatoms. The highest BCUT2D eigenvalue weighted by Crippen LogP contribution is 2.12. The summed E-state index contributed by atoms with van der Waals surface area (Å²) in [5.41, 5.74) is -0.499. The second-order valence-corrected chi connectivity index (χ2v) is 5.02. The van der Waals surface area contributed by atoms with Crippen LogP contribution in [0.3, 0.4) is 0 Å². The van der Waals surface area contributed by atoms with Crippen LogP contribution in [0.25, 0.3) is 11.0 Å². The highest BCUT2D eigenvalue weighted by atomic mass is 35.5. The molecule has 1 aromatic carbocycles. The van der Waals surface area contributed by atoms with E-state index in [0.29, 0.717) is 11.0 Å². The number of para-hydroxylation sites is 1. The van der Waals surface area contributed by atoms with Crippen molar-refractivity contribution in [2.45, 2.75) is 4.84 Å². The van der Waals surface area contributed by atoms with E-state index in [0.717, 1.165) is 0 Å². The van der Waals surface area contributed by atoms with E-state index in [-0.39, 0.29) is 12.1 Å². The van der Waals surface area contributed by atoms with Crippen LogP contribution in [0, 0.1) is 0 Å². The molecule has 20 heavy (non-hydrogen) atoms. The molecule has 5 nitrogen and oxygen atoms in total. The topological polar surface area (TPSA) is 76.4 Å². The molecule has 0 bridgehead atoms. The predicted molar refractivity (Wildman–Crippen MR) is 75.3 cm³/mol. The SMILES string of the molecule is O=C(CNC(=O)C(Cl)Cl)c1cc2ccccc2oc1=O. The molecule has 0 fully saturated rings. The van der Waals surface area contributed by atoms with E-state index in [2.05, 4.69) is 5.32 Å². The zero-order chi connectivity index (χ0) is 14.7. The van der Waals surface area contributed by atoms with Crippen LogP contribution in [0.2, 0.25) is 0 Å². The number of hydrogen-bond acceptors (Lipinski definition) is 4. The van der Waals surface area contributed by atoms with E-state index in [1.54, 1.807) is 24.3 Å². The number of halogens is 2. The molecule has 0 aliphatic carbocycles. The zero-order valence-electron chi connectivity index (χ0n) is 10.1. The molecule has 0 spiro atoms. The average Bonchev–Trinajstić information content (AvgIpc) is 2.43. The summed E-state index contributed by atoms with van der Waals surface area (Å²) in [5.74, 6) is -1.28. The first-order valence-electron chi connectivity index (χ1n) is 5.61. The summed E-state index contributed by atoms with van der Waals surface area (Å²) < 4.78 is 5.03. The number of fused-ring (bicyclic) bond motifs is 1. The van der Waals surface area contributed by atoms with Crippen LogP contribution in [0.15, 0.2) is 39.5 Å². The second-order valence-electron chi connectivity index (χ2n) is 3.93. The van der Waals surface area contributed by atoms with E-state index in [4.69, 9.17) is 27.6 Å². The normalized spacial score (nSPS) is 10.8. The number of hydrogen-bond donors (Lipinski definition) is 1. The van der Waals surface area contributed by atoms with Crippen LogP contribution in [0.5, 0.6) is 0 Å². The van der Waals surface area contributed by atoms with Crippen molar-refractivity contribution in [3.8, 4) is 0 Å². The first-order valence-corrected chi connectivity index (χ1v) is 6.48. The lowest BCUT2D eigenvalue weighted by atomic mass is 10.1. The predicted octanol–water partition coefficient (Wildman–Crippen LogP) is 1.90. The third kappa shape index (κ3) is 3.18. The van der Waals surface area contributed by atoms with Gasteiger partial charge in [-0.05, 0) is 12.1 Å². The van der Waals surface area contributed by atoms with Crippen molar-refractivity contribution >= 4 is 45.9 Å². The van der Waals surface area contributed by atoms with Crippen molar-refractivity contribution < 1.29 is 14.0 Å². The molecule has 1 amide bonds. The maximum Gasteiger partial charge on any atom is 0.347 e. The molecule has 104 valence electrons. The van der Waals surface area contributed by atoms with Crippen LogP contribution in [-0.4, -0.2) is 23.1 Å². The Morgan fingerprint density at radius 3 is 2.65 bits per heavy atom. The fraction of sp³-hybridized carbons (Fsp3) is 0.154. The highest BCUT2D eigenvalue weighted by molar-refractivity contribution is 6.53. The van der Waals surface area contributed by atoms with Gasteiger partial charge >= 0.3 is 5.63 Å². The Kier molecular flexibility index (Phi) is 4.42. The van der Waals surface area contributed by atoms with Crippen LogP contribution >= 0.6 is 23.2 Å². The van der Waals surface area contributed by atoms with Crippen LogP contribution in [0.4, 0.5) is 0 Å².